The first-order chi connectivity index (χ1) is 9.35. The molecule has 100 valence electrons. The van der Waals surface area contributed by atoms with Crippen LogP contribution in [0.15, 0.2) is 41.8 Å². The summed E-state index contributed by atoms with van der Waals surface area (Å²) >= 11 is 1.83. The molecule has 0 radical (unpaired) electrons. The van der Waals surface area contributed by atoms with Gasteiger partial charge in [-0.3, -0.25) is 0 Å². The lowest BCUT2D eigenvalue weighted by Gasteiger charge is -2.34. The van der Waals surface area contributed by atoms with Gasteiger partial charge in [-0.1, -0.05) is 30.3 Å². The molecule has 3 heteroatoms. The smallest absolute Gasteiger partial charge is 0.0601 e. The third-order valence-corrected chi connectivity index (χ3v) is 4.69. The number of nitrogens with one attached hydrogen (secondary N) is 1. The second kappa shape index (κ2) is 5.87. The summed E-state index contributed by atoms with van der Waals surface area (Å²) in [6.45, 7) is 0.971. The summed E-state index contributed by atoms with van der Waals surface area (Å²) in [7, 11) is 1.80. The van der Waals surface area contributed by atoms with Crippen molar-refractivity contribution in [1.82, 2.24) is 5.32 Å². The van der Waals surface area contributed by atoms with Crippen LogP contribution in [0.5, 0.6) is 0 Å². The number of methoxy groups -OCH3 is 1. The molecule has 19 heavy (non-hydrogen) atoms. The maximum absolute atomic E-state index is 5.29. The van der Waals surface area contributed by atoms with E-state index in [-0.39, 0.29) is 0 Å². The van der Waals surface area contributed by atoms with Crippen LogP contribution in [0.25, 0.3) is 11.1 Å². The Labute approximate surface area is 118 Å². The third kappa shape index (κ3) is 3.06. The molecule has 1 saturated carbocycles. The lowest BCUT2D eigenvalue weighted by molar-refractivity contribution is 0.0170. The molecule has 1 fully saturated rings. The van der Waals surface area contributed by atoms with Crippen molar-refractivity contribution in [3.8, 4) is 11.1 Å². The summed E-state index contributed by atoms with van der Waals surface area (Å²) in [4.78, 5) is 1.40. The monoisotopic (exact) mass is 273 g/mol. The second-order valence-electron chi connectivity index (χ2n) is 5.07. The van der Waals surface area contributed by atoms with Gasteiger partial charge < -0.3 is 10.1 Å². The Hall–Kier alpha value is -1.16. The van der Waals surface area contributed by atoms with Crippen molar-refractivity contribution in [1.29, 1.82) is 0 Å². The molecule has 0 unspecified atom stereocenters. The molecule has 1 aromatic carbocycles. The van der Waals surface area contributed by atoms with Gasteiger partial charge in [0.25, 0.3) is 0 Å². The number of thiophene rings is 1. The molecule has 1 N–H and O–H groups in total. The van der Waals surface area contributed by atoms with Crippen LogP contribution < -0.4 is 5.32 Å². The van der Waals surface area contributed by atoms with Gasteiger partial charge in [0, 0.05) is 24.6 Å². The number of benzene rings is 1. The number of ether oxygens (including phenoxy) is 1. The summed E-state index contributed by atoms with van der Waals surface area (Å²) in [5, 5.41) is 5.84. The van der Waals surface area contributed by atoms with Gasteiger partial charge in [-0.05, 0) is 35.4 Å². The Morgan fingerprint density at radius 1 is 1.21 bits per heavy atom. The lowest BCUT2D eigenvalue weighted by atomic mass is 9.89. The van der Waals surface area contributed by atoms with Crippen molar-refractivity contribution >= 4 is 11.3 Å². The molecule has 2 aromatic rings. The second-order valence-corrected chi connectivity index (χ2v) is 6.07. The molecule has 0 spiro atoms. The third-order valence-electron chi connectivity index (χ3n) is 3.75. The normalized spacial score (nSPS) is 22.2. The fourth-order valence-electron chi connectivity index (χ4n) is 2.43. The highest BCUT2D eigenvalue weighted by Gasteiger charge is 2.28. The summed E-state index contributed by atoms with van der Waals surface area (Å²) in [6, 6.07) is 13.5. The Morgan fingerprint density at radius 2 is 2.00 bits per heavy atom. The van der Waals surface area contributed by atoms with Crippen molar-refractivity contribution in [2.75, 3.05) is 7.11 Å². The highest BCUT2D eigenvalue weighted by molar-refractivity contribution is 7.10. The van der Waals surface area contributed by atoms with E-state index in [0.717, 1.165) is 19.4 Å². The van der Waals surface area contributed by atoms with E-state index in [0.29, 0.717) is 12.1 Å². The van der Waals surface area contributed by atoms with E-state index in [4.69, 9.17) is 4.74 Å². The van der Waals surface area contributed by atoms with Crippen LogP contribution in [0.3, 0.4) is 0 Å². The highest BCUT2D eigenvalue weighted by Crippen LogP contribution is 2.27. The van der Waals surface area contributed by atoms with Gasteiger partial charge in [0.05, 0.1) is 6.10 Å². The Bertz CT molecular complexity index is 517. The van der Waals surface area contributed by atoms with Crippen molar-refractivity contribution in [3.63, 3.8) is 0 Å². The van der Waals surface area contributed by atoms with E-state index in [1.54, 1.807) is 7.11 Å². The molecule has 3 rings (SSSR count). The molecule has 0 aliphatic heterocycles. The summed E-state index contributed by atoms with van der Waals surface area (Å²) in [5.41, 5.74) is 2.62. The van der Waals surface area contributed by atoms with Gasteiger partial charge in [-0.15, -0.1) is 11.3 Å². The first kappa shape index (κ1) is 12.9. The lowest BCUT2D eigenvalue weighted by Crippen LogP contribution is -2.44. The standard InChI is InChI=1S/C16H19NOS/c1-18-15-8-14(9-15)17-10-16-7-13(11-19-16)12-5-3-2-4-6-12/h2-7,11,14-15,17H,8-10H2,1H3. The Kier molecular flexibility index (Phi) is 3.97. The van der Waals surface area contributed by atoms with Crippen LogP contribution in [0.1, 0.15) is 17.7 Å². The minimum Gasteiger partial charge on any atom is -0.381 e. The van der Waals surface area contributed by atoms with Gasteiger partial charge in [-0.25, -0.2) is 0 Å². The molecule has 2 nitrogen and oxygen atoms in total. The molecule has 1 heterocycles. The Balaban J connectivity index is 1.54. The van der Waals surface area contributed by atoms with Crippen LogP contribution in [0.2, 0.25) is 0 Å². The van der Waals surface area contributed by atoms with Crippen molar-refractivity contribution in [2.45, 2.75) is 31.5 Å². The van der Waals surface area contributed by atoms with E-state index >= 15 is 0 Å². The van der Waals surface area contributed by atoms with Gasteiger partial charge in [0.2, 0.25) is 0 Å². The first-order valence-corrected chi connectivity index (χ1v) is 7.62. The van der Waals surface area contributed by atoms with Gasteiger partial charge >= 0.3 is 0 Å². The van der Waals surface area contributed by atoms with Crippen LogP contribution in [0.4, 0.5) is 0 Å². The average molecular weight is 273 g/mol. The van der Waals surface area contributed by atoms with Gasteiger partial charge in [0.15, 0.2) is 0 Å². The maximum atomic E-state index is 5.29. The zero-order valence-electron chi connectivity index (χ0n) is 11.1. The molecule has 0 saturated heterocycles. The van der Waals surface area contributed by atoms with Crippen LogP contribution in [-0.4, -0.2) is 19.3 Å². The van der Waals surface area contributed by atoms with Gasteiger partial charge in [0.1, 0.15) is 0 Å². The number of hydrogen-bond donors (Lipinski definition) is 1. The topological polar surface area (TPSA) is 21.3 Å². The SMILES string of the molecule is COC1CC(NCc2cc(-c3ccccc3)cs2)C1. The predicted molar refractivity (Wildman–Crippen MR) is 80.4 cm³/mol. The van der Waals surface area contributed by atoms with Crippen molar-refractivity contribution in [2.24, 2.45) is 0 Å². The summed E-state index contributed by atoms with van der Waals surface area (Å²) in [6.07, 6.45) is 2.77. The van der Waals surface area contributed by atoms with Crippen molar-refractivity contribution in [3.05, 3.63) is 46.7 Å². The van der Waals surface area contributed by atoms with E-state index < -0.39 is 0 Å². The fourth-order valence-corrected chi connectivity index (χ4v) is 3.27. The zero-order chi connectivity index (χ0) is 13.1. The van der Waals surface area contributed by atoms with E-state index in [2.05, 4.69) is 47.1 Å². The van der Waals surface area contributed by atoms with Crippen molar-refractivity contribution < 1.29 is 4.74 Å². The molecule has 0 bridgehead atoms. The van der Waals surface area contributed by atoms with E-state index in [1.807, 2.05) is 11.3 Å². The largest absolute Gasteiger partial charge is 0.381 e. The summed E-state index contributed by atoms with van der Waals surface area (Å²) < 4.78 is 5.29. The highest BCUT2D eigenvalue weighted by atomic mass is 32.1. The molecule has 1 aromatic heterocycles. The molecular weight excluding hydrogens is 254 g/mol. The van der Waals surface area contributed by atoms with Gasteiger partial charge in [-0.2, -0.15) is 0 Å². The van der Waals surface area contributed by atoms with Crippen LogP contribution in [0, 0.1) is 0 Å². The minimum absolute atomic E-state index is 0.473. The maximum Gasteiger partial charge on any atom is 0.0601 e. The number of rotatable bonds is 5. The van der Waals surface area contributed by atoms with E-state index in [9.17, 15) is 0 Å². The first-order valence-electron chi connectivity index (χ1n) is 6.74. The predicted octanol–water partition coefficient (Wildman–Crippen LogP) is 3.68. The fraction of sp³-hybridized carbons (Fsp3) is 0.375. The number of hydrogen-bond acceptors (Lipinski definition) is 3. The molecule has 1 aliphatic carbocycles. The Morgan fingerprint density at radius 3 is 2.74 bits per heavy atom. The molecule has 0 atom stereocenters. The average Bonchev–Trinajstić information content (AvgIpc) is 2.87. The molecule has 1 aliphatic rings. The molecule has 0 amide bonds. The quantitative estimate of drug-likeness (QED) is 0.897. The molecular formula is C16H19NOS. The zero-order valence-corrected chi connectivity index (χ0v) is 12.0. The van der Waals surface area contributed by atoms with Crippen LogP contribution in [-0.2, 0) is 11.3 Å². The minimum atomic E-state index is 0.473. The summed E-state index contributed by atoms with van der Waals surface area (Å²) in [5.74, 6) is 0. The van der Waals surface area contributed by atoms with Crippen LogP contribution >= 0.6 is 11.3 Å². The van der Waals surface area contributed by atoms with E-state index in [1.165, 1.54) is 16.0 Å².